The second-order valence-electron chi connectivity index (χ2n) is 5.41. The van der Waals surface area contributed by atoms with E-state index in [2.05, 4.69) is 20.8 Å². The molecule has 6 nitrogen and oxygen atoms in total. The number of hydrogen-bond donors (Lipinski definition) is 2. The van der Waals surface area contributed by atoms with Gasteiger partial charge in [-0.05, 0) is 34.6 Å². The monoisotopic (exact) mass is 282 g/mol. The summed E-state index contributed by atoms with van der Waals surface area (Å²) in [6, 6.07) is 1.88. The molecule has 1 rings (SSSR count). The fourth-order valence-corrected chi connectivity index (χ4v) is 1.46. The van der Waals surface area contributed by atoms with E-state index in [4.69, 9.17) is 9.26 Å². The summed E-state index contributed by atoms with van der Waals surface area (Å²) >= 11 is 0. The lowest BCUT2D eigenvalue weighted by atomic mass is 10.2. The van der Waals surface area contributed by atoms with Crippen molar-refractivity contribution in [2.75, 3.05) is 13.1 Å². The van der Waals surface area contributed by atoms with Gasteiger partial charge in [-0.25, -0.2) is 4.99 Å². The Kier molecular flexibility index (Phi) is 6.51. The Morgan fingerprint density at radius 2 is 1.95 bits per heavy atom. The first kappa shape index (κ1) is 16.5. The third-order valence-corrected chi connectivity index (χ3v) is 2.34. The molecule has 0 radical (unpaired) electrons. The number of ether oxygens (including phenoxy) is 1. The Morgan fingerprint density at radius 1 is 1.30 bits per heavy atom. The highest BCUT2D eigenvalue weighted by Crippen LogP contribution is 2.13. The summed E-state index contributed by atoms with van der Waals surface area (Å²) in [4.78, 5) is 4.43. The van der Waals surface area contributed by atoms with Gasteiger partial charge in [0.15, 0.2) is 11.7 Å². The zero-order chi connectivity index (χ0) is 15.0. The minimum atomic E-state index is -0.186. The van der Waals surface area contributed by atoms with Gasteiger partial charge in [0.25, 0.3) is 0 Å². The summed E-state index contributed by atoms with van der Waals surface area (Å²) in [5.41, 5.74) is 0.611. The molecule has 0 atom stereocenters. The van der Waals surface area contributed by atoms with Crippen molar-refractivity contribution in [3.63, 3.8) is 0 Å². The molecule has 0 aliphatic carbocycles. The van der Waals surface area contributed by atoms with E-state index in [9.17, 15) is 0 Å². The highest BCUT2D eigenvalue weighted by molar-refractivity contribution is 5.79. The van der Waals surface area contributed by atoms with Gasteiger partial charge in [-0.15, -0.1) is 0 Å². The van der Waals surface area contributed by atoms with E-state index >= 15 is 0 Å². The smallest absolute Gasteiger partial charge is 0.191 e. The van der Waals surface area contributed by atoms with Crippen molar-refractivity contribution in [2.24, 2.45) is 4.99 Å². The molecule has 1 heterocycles. The zero-order valence-electron chi connectivity index (χ0n) is 13.1. The lowest BCUT2D eigenvalue weighted by Gasteiger charge is -2.17. The first-order valence-electron chi connectivity index (χ1n) is 7.05. The molecule has 20 heavy (non-hydrogen) atoms. The van der Waals surface area contributed by atoms with Crippen LogP contribution in [0.25, 0.3) is 0 Å². The van der Waals surface area contributed by atoms with Crippen LogP contribution in [0.4, 0.5) is 0 Å². The van der Waals surface area contributed by atoms with Gasteiger partial charge < -0.3 is 19.9 Å². The van der Waals surface area contributed by atoms with Crippen LogP contribution in [0.15, 0.2) is 15.6 Å². The first-order valence-corrected chi connectivity index (χ1v) is 7.05. The van der Waals surface area contributed by atoms with Gasteiger partial charge in [0.2, 0.25) is 0 Å². The molecule has 0 aromatic carbocycles. The predicted octanol–water partition coefficient (Wildman–Crippen LogP) is 2.06. The average Bonchev–Trinajstić information content (AvgIpc) is 2.81. The molecule has 0 aliphatic heterocycles. The van der Waals surface area contributed by atoms with Crippen LogP contribution in [0.1, 0.15) is 46.1 Å². The fraction of sp³-hybridized carbons (Fsp3) is 0.714. The van der Waals surface area contributed by atoms with Crippen molar-refractivity contribution < 1.29 is 9.26 Å². The van der Waals surface area contributed by atoms with Crippen LogP contribution in [0.3, 0.4) is 0 Å². The third-order valence-electron chi connectivity index (χ3n) is 2.34. The van der Waals surface area contributed by atoms with Crippen LogP contribution in [-0.2, 0) is 17.9 Å². The molecule has 0 bridgehead atoms. The van der Waals surface area contributed by atoms with Crippen LogP contribution in [0.5, 0.6) is 0 Å². The molecular formula is C14H26N4O2. The summed E-state index contributed by atoms with van der Waals surface area (Å²) in [5.74, 6) is 1.50. The van der Waals surface area contributed by atoms with Gasteiger partial charge in [-0.3, -0.25) is 0 Å². The van der Waals surface area contributed by atoms with E-state index in [0.717, 1.165) is 30.5 Å². The van der Waals surface area contributed by atoms with E-state index in [-0.39, 0.29) is 5.60 Å². The van der Waals surface area contributed by atoms with Gasteiger partial charge in [0, 0.05) is 19.2 Å². The van der Waals surface area contributed by atoms with Crippen LogP contribution in [0, 0.1) is 0 Å². The molecule has 6 heteroatoms. The Labute approximate surface area is 121 Å². The van der Waals surface area contributed by atoms with Crippen molar-refractivity contribution in [1.82, 2.24) is 15.8 Å². The quantitative estimate of drug-likeness (QED) is 0.617. The second kappa shape index (κ2) is 7.89. The maximum atomic E-state index is 5.64. The minimum absolute atomic E-state index is 0.186. The van der Waals surface area contributed by atoms with Crippen LogP contribution < -0.4 is 10.6 Å². The molecular weight excluding hydrogens is 256 g/mol. The topological polar surface area (TPSA) is 71.7 Å². The Morgan fingerprint density at radius 3 is 2.50 bits per heavy atom. The average molecular weight is 282 g/mol. The number of hydrogen-bond acceptors (Lipinski definition) is 4. The molecule has 0 fully saturated rings. The van der Waals surface area contributed by atoms with Gasteiger partial charge in [-0.2, -0.15) is 0 Å². The highest BCUT2D eigenvalue weighted by atomic mass is 16.5. The largest absolute Gasteiger partial charge is 0.368 e. The van der Waals surface area contributed by atoms with Crippen LogP contribution in [-0.4, -0.2) is 29.8 Å². The lowest BCUT2D eigenvalue weighted by molar-refractivity contribution is -0.0241. The van der Waals surface area contributed by atoms with Crippen molar-refractivity contribution in [2.45, 2.75) is 53.4 Å². The van der Waals surface area contributed by atoms with E-state index in [1.165, 1.54) is 0 Å². The number of nitrogens with one attached hydrogen (secondary N) is 2. The van der Waals surface area contributed by atoms with Crippen LogP contribution in [0.2, 0.25) is 0 Å². The van der Waals surface area contributed by atoms with Crippen molar-refractivity contribution in [3.05, 3.63) is 17.5 Å². The maximum absolute atomic E-state index is 5.64. The van der Waals surface area contributed by atoms with Crippen molar-refractivity contribution >= 4 is 5.96 Å². The summed E-state index contributed by atoms with van der Waals surface area (Å²) < 4.78 is 10.9. The summed E-state index contributed by atoms with van der Waals surface area (Å²) in [5, 5.41) is 10.3. The minimum Gasteiger partial charge on any atom is -0.368 e. The third kappa shape index (κ3) is 6.56. The number of aromatic nitrogens is 1. The van der Waals surface area contributed by atoms with E-state index in [1.807, 2.05) is 40.7 Å². The predicted molar refractivity (Wildman–Crippen MR) is 79.5 cm³/mol. The molecule has 1 aromatic rings. The standard InChI is InChI=1S/C14H26N4O2/c1-6-15-13(16-7-2)17-9-11-8-12(20-18-11)10-19-14(3,4)5/h8H,6-7,9-10H2,1-5H3,(H2,15,16,17). The van der Waals surface area contributed by atoms with Crippen LogP contribution >= 0.6 is 0 Å². The van der Waals surface area contributed by atoms with Gasteiger partial charge >= 0.3 is 0 Å². The molecule has 0 saturated carbocycles. The zero-order valence-corrected chi connectivity index (χ0v) is 13.1. The molecule has 0 amide bonds. The lowest BCUT2D eigenvalue weighted by Crippen LogP contribution is -2.36. The highest BCUT2D eigenvalue weighted by Gasteiger charge is 2.12. The van der Waals surface area contributed by atoms with E-state index in [0.29, 0.717) is 13.2 Å². The molecule has 0 spiro atoms. The number of aliphatic imine (C=N–C) groups is 1. The summed E-state index contributed by atoms with van der Waals surface area (Å²) in [6.45, 7) is 12.7. The van der Waals surface area contributed by atoms with Gasteiger partial charge in [0.1, 0.15) is 12.3 Å². The SMILES string of the molecule is CCNC(=NCc1cc(COC(C)(C)C)on1)NCC. The molecule has 0 saturated heterocycles. The molecule has 1 aromatic heterocycles. The first-order chi connectivity index (χ1) is 9.44. The number of guanidine groups is 1. The second-order valence-corrected chi connectivity index (χ2v) is 5.41. The van der Waals surface area contributed by atoms with Crippen molar-refractivity contribution in [3.8, 4) is 0 Å². The normalized spacial score (nSPS) is 11.2. The summed E-state index contributed by atoms with van der Waals surface area (Å²) in [6.07, 6.45) is 0. The van der Waals surface area contributed by atoms with Crippen molar-refractivity contribution in [1.29, 1.82) is 0 Å². The van der Waals surface area contributed by atoms with Gasteiger partial charge in [-0.1, -0.05) is 5.16 Å². The number of rotatable bonds is 6. The fourth-order valence-electron chi connectivity index (χ4n) is 1.46. The summed E-state index contributed by atoms with van der Waals surface area (Å²) in [7, 11) is 0. The number of nitrogens with zero attached hydrogens (tertiary/aromatic N) is 2. The molecule has 0 aliphatic rings. The Hall–Kier alpha value is -1.56. The van der Waals surface area contributed by atoms with Gasteiger partial charge in [0.05, 0.1) is 12.1 Å². The molecule has 0 unspecified atom stereocenters. The molecule has 114 valence electrons. The maximum Gasteiger partial charge on any atom is 0.191 e. The van der Waals surface area contributed by atoms with E-state index in [1.54, 1.807) is 0 Å². The van der Waals surface area contributed by atoms with E-state index < -0.39 is 0 Å². The molecule has 2 N–H and O–H groups in total. The Bertz CT molecular complexity index is 413. The Balaban J connectivity index is 2.52.